The van der Waals surface area contributed by atoms with Gasteiger partial charge in [-0.1, -0.05) is 13.8 Å². The molecule has 0 fully saturated rings. The average Bonchev–Trinajstić information content (AvgIpc) is 2.35. The van der Waals surface area contributed by atoms with Crippen LogP contribution in [0.15, 0.2) is 18.2 Å². The molecule has 0 aliphatic rings. The molecule has 0 saturated carbocycles. The molecule has 0 atom stereocenters. The van der Waals surface area contributed by atoms with Gasteiger partial charge in [-0.15, -0.1) is 0 Å². The van der Waals surface area contributed by atoms with Gasteiger partial charge in [-0.25, -0.2) is 9.59 Å². The zero-order chi connectivity index (χ0) is 16.2. The third kappa shape index (κ3) is 5.40. The van der Waals surface area contributed by atoms with E-state index >= 15 is 0 Å². The minimum atomic E-state index is -3.90. The van der Waals surface area contributed by atoms with Crippen LogP contribution in [0.1, 0.15) is 34.6 Å². The van der Waals surface area contributed by atoms with Crippen molar-refractivity contribution in [2.24, 2.45) is 5.92 Å². The Morgan fingerprint density at radius 2 is 1.57 bits per heavy atom. The van der Waals surface area contributed by atoms with Crippen molar-refractivity contribution < 1.29 is 28.2 Å². The molecule has 1 aromatic carbocycles. The molecule has 0 unspecified atom stereocenters. The molecule has 1 aromatic rings. The van der Waals surface area contributed by atoms with Crippen LogP contribution in [0.25, 0.3) is 0 Å². The SMILES string of the molecule is CC(C)CNS(=O)(=O)Nc1cc(C(=O)O)cc(C(=O)O)c1. The van der Waals surface area contributed by atoms with Gasteiger partial charge in [0.25, 0.3) is 10.2 Å². The highest BCUT2D eigenvalue weighted by molar-refractivity contribution is 7.90. The summed E-state index contributed by atoms with van der Waals surface area (Å²) in [5.41, 5.74) is -0.781. The van der Waals surface area contributed by atoms with E-state index in [9.17, 15) is 18.0 Å². The van der Waals surface area contributed by atoms with Gasteiger partial charge in [-0.05, 0) is 24.1 Å². The maximum Gasteiger partial charge on any atom is 0.335 e. The minimum Gasteiger partial charge on any atom is -0.478 e. The summed E-state index contributed by atoms with van der Waals surface area (Å²) in [5.74, 6) is -2.62. The van der Waals surface area contributed by atoms with E-state index in [1.165, 1.54) is 0 Å². The number of nitrogens with one attached hydrogen (secondary N) is 2. The van der Waals surface area contributed by atoms with Gasteiger partial charge in [0.05, 0.1) is 16.8 Å². The summed E-state index contributed by atoms with van der Waals surface area (Å²) in [6.07, 6.45) is 0. The van der Waals surface area contributed by atoms with E-state index < -0.39 is 22.1 Å². The van der Waals surface area contributed by atoms with Gasteiger partial charge in [-0.3, -0.25) is 4.72 Å². The predicted molar refractivity (Wildman–Crippen MR) is 75.7 cm³/mol. The van der Waals surface area contributed by atoms with Gasteiger partial charge >= 0.3 is 11.9 Å². The first-order valence-corrected chi connectivity index (χ1v) is 7.48. The molecule has 0 aliphatic carbocycles. The summed E-state index contributed by atoms with van der Waals surface area (Å²) in [4.78, 5) is 21.8. The number of hydrogen-bond donors (Lipinski definition) is 4. The molecule has 0 saturated heterocycles. The zero-order valence-electron chi connectivity index (χ0n) is 11.5. The Balaban J connectivity index is 3.07. The fourth-order valence-corrected chi connectivity index (χ4v) is 2.45. The van der Waals surface area contributed by atoms with E-state index in [1.54, 1.807) is 0 Å². The fraction of sp³-hybridized carbons (Fsp3) is 0.333. The van der Waals surface area contributed by atoms with Crippen LogP contribution < -0.4 is 9.44 Å². The molecule has 21 heavy (non-hydrogen) atoms. The largest absolute Gasteiger partial charge is 0.478 e. The number of benzene rings is 1. The predicted octanol–water partition coefficient (Wildman–Crippen LogP) is 0.985. The highest BCUT2D eigenvalue weighted by Crippen LogP contribution is 2.16. The Morgan fingerprint density at radius 1 is 1.10 bits per heavy atom. The molecule has 8 nitrogen and oxygen atoms in total. The average molecular weight is 316 g/mol. The number of hydrogen-bond acceptors (Lipinski definition) is 4. The fourth-order valence-electron chi connectivity index (χ4n) is 1.40. The first kappa shape index (κ1) is 16.9. The topological polar surface area (TPSA) is 133 Å². The van der Waals surface area contributed by atoms with Gasteiger partial charge in [-0.2, -0.15) is 13.1 Å². The molecule has 1 rings (SSSR count). The molecule has 0 spiro atoms. The molecule has 9 heteroatoms. The summed E-state index contributed by atoms with van der Waals surface area (Å²) < 4.78 is 27.9. The molecular formula is C12H16N2O6S. The summed E-state index contributed by atoms with van der Waals surface area (Å²) in [6.45, 7) is 3.83. The molecule has 0 bridgehead atoms. The summed E-state index contributed by atoms with van der Waals surface area (Å²) in [6, 6.07) is 3.04. The maximum absolute atomic E-state index is 11.7. The Kier molecular flexibility index (Phi) is 5.28. The van der Waals surface area contributed by atoms with Gasteiger partial charge in [0.15, 0.2) is 0 Å². The van der Waals surface area contributed by atoms with Crippen LogP contribution in [-0.2, 0) is 10.2 Å². The lowest BCUT2D eigenvalue weighted by molar-refractivity contribution is 0.0696. The maximum atomic E-state index is 11.7. The van der Waals surface area contributed by atoms with E-state index in [0.717, 1.165) is 18.2 Å². The quantitative estimate of drug-likeness (QED) is 0.593. The highest BCUT2D eigenvalue weighted by Gasteiger charge is 2.15. The number of anilines is 1. The second kappa shape index (κ2) is 6.55. The van der Waals surface area contributed by atoms with Crippen LogP contribution in [0, 0.1) is 5.92 Å². The zero-order valence-corrected chi connectivity index (χ0v) is 12.3. The minimum absolute atomic E-state index is 0.0847. The van der Waals surface area contributed by atoms with Crippen molar-refractivity contribution in [3.63, 3.8) is 0 Å². The van der Waals surface area contributed by atoms with Crippen molar-refractivity contribution >= 4 is 27.8 Å². The lowest BCUT2D eigenvalue weighted by atomic mass is 10.1. The van der Waals surface area contributed by atoms with E-state index in [1.807, 2.05) is 13.8 Å². The molecule has 0 heterocycles. The number of rotatable bonds is 7. The number of carboxylic acid groups (broad SMARTS) is 2. The third-order valence-electron chi connectivity index (χ3n) is 2.36. The van der Waals surface area contributed by atoms with Crippen LogP contribution >= 0.6 is 0 Å². The first-order valence-electron chi connectivity index (χ1n) is 6.00. The standard InChI is InChI=1S/C12H16N2O6S/c1-7(2)6-13-21(19,20)14-10-4-8(11(15)16)3-9(5-10)12(17)18/h3-5,7,13-14H,6H2,1-2H3,(H,15,16)(H,17,18). The van der Waals surface area contributed by atoms with E-state index in [-0.39, 0.29) is 29.3 Å². The number of aromatic carboxylic acids is 2. The van der Waals surface area contributed by atoms with Crippen LogP contribution in [-0.4, -0.2) is 37.1 Å². The van der Waals surface area contributed by atoms with Gasteiger partial charge in [0, 0.05) is 6.54 Å². The van der Waals surface area contributed by atoms with Gasteiger partial charge in [0.1, 0.15) is 0 Å². The summed E-state index contributed by atoms with van der Waals surface area (Å²) >= 11 is 0. The van der Waals surface area contributed by atoms with Crippen LogP contribution in [0.5, 0.6) is 0 Å². The number of carbonyl (C=O) groups is 2. The highest BCUT2D eigenvalue weighted by atomic mass is 32.2. The van der Waals surface area contributed by atoms with Gasteiger partial charge < -0.3 is 10.2 Å². The molecule has 0 radical (unpaired) electrons. The first-order chi connectivity index (χ1) is 9.60. The van der Waals surface area contributed by atoms with Crippen LogP contribution in [0.4, 0.5) is 5.69 Å². The molecule has 4 N–H and O–H groups in total. The lowest BCUT2D eigenvalue weighted by Crippen LogP contribution is -2.33. The van der Waals surface area contributed by atoms with Crippen molar-refractivity contribution in [2.75, 3.05) is 11.3 Å². The van der Waals surface area contributed by atoms with Crippen molar-refractivity contribution in [1.82, 2.24) is 4.72 Å². The van der Waals surface area contributed by atoms with Crippen molar-refractivity contribution in [3.8, 4) is 0 Å². The van der Waals surface area contributed by atoms with E-state index in [2.05, 4.69) is 9.44 Å². The van der Waals surface area contributed by atoms with Crippen molar-refractivity contribution in [1.29, 1.82) is 0 Å². The van der Waals surface area contributed by atoms with Crippen molar-refractivity contribution in [2.45, 2.75) is 13.8 Å². The lowest BCUT2D eigenvalue weighted by Gasteiger charge is -2.12. The second-order valence-corrected chi connectivity index (χ2v) is 6.26. The summed E-state index contributed by atoms with van der Waals surface area (Å²) in [5, 5.41) is 17.8. The normalized spacial score (nSPS) is 11.4. The van der Waals surface area contributed by atoms with Crippen LogP contribution in [0.3, 0.4) is 0 Å². The molecule has 116 valence electrons. The second-order valence-electron chi connectivity index (χ2n) is 4.76. The Labute approximate surface area is 122 Å². The monoisotopic (exact) mass is 316 g/mol. The van der Waals surface area contributed by atoms with Crippen molar-refractivity contribution in [3.05, 3.63) is 29.3 Å². The smallest absolute Gasteiger partial charge is 0.335 e. The number of carboxylic acids is 2. The molecular weight excluding hydrogens is 300 g/mol. The van der Waals surface area contributed by atoms with Gasteiger partial charge in [0.2, 0.25) is 0 Å². The molecule has 0 aliphatic heterocycles. The Bertz CT molecular complexity index is 621. The van der Waals surface area contributed by atoms with E-state index in [4.69, 9.17) is 10.2 Å². The van der Waals surface area contributed by atoms with E-state index in [0.29, 0.717) is 0 Å². The molecule has 0 amide bonds. The molecule has 0 aromatic heterocycles. The summed E-state index contributed by atoms with van der Waals surface area (Å²) in [7, 11) is -3.90. The Morgan fingerprint density at radius 3 is 1.95 bits per heavy atom. The van der Waals surface area contributed by atoms with Crippen LogP contribution in [0.2, 0.25) is 0 Å². The third-order valence-corrected chi connectivity index (χ3v) is 3.41. The Hall–Kier alpha value is -2.13.